The normalized spacial score (nSPS) is 11.4. The smallest absolute Gasteiger partial charge is 0.419 e. The average molecular weight is 328 g/mol. The van der Waals surface area contributed by atoms with Crippen LogP contribution in [0.4, 0.5) is 17.6 Å². The number of aryl methyl sites for hydroxylation is 2. The molecule has 2 aromatic carbocycles. The van der Waals surface area contributed by atoms with Gasteiger partial charge in [-0.05, 0) is 37.6 Å². The lowest BCUT2D eigenvalue weighted by Crippen LogP contribution is -2.13. The van der Waals surface area contributed by atoms with Crippen LogP contribution >= 0.6 is 0 Å². The third-order valence-electron chi connectivity index (χ3n) is 3.17. The van der Waals surface area contributed by atoms with E-state index in [2.05, 4.69) is 0 Å². The zero-order valence-electron chi connectivity index (χ0n) is 12.2. The first-order chi connectivity index (χ1) is 10.6. The van der Waals surface area contributed by atoms with Crippen molar-refractivity contribution in [2.75, 3.05) is 0 Å². The fourth-order valence-electron chi connectivity index (χ4n) is 2.09. The number of alkyl halides is 3. The van der Waals surface area contributed by atoms with E-state index in [-0.39, 0.29) is 5.75 Å². The average Bonchev–Trinajstić information content (AvgIpc) is 2.40. The van der Waals surface area contributed by atoms with Gasteiger partial charge in [0, 0.05) is 0 Å². The second kappa shape index (κ2) is 5.91. The highest BCUT2D eigenvalue weighted by Crippen LogP contribution is 2.37. The van der Waals surface area contributed by atoms with Gasteiger partial charge in [0.05, 0.1) is 5.56 Å². The summed E-state index contributed by atoms with van der Waals surface area (Å²) in [7, 11) is 0. The maximum absolute atomic E-state index is 14.0. The van der Waals surface area contributed by atoms with E-state index in [4.69, 9.17) is 9.84 Å². The van der Waals surface area contributed by atoms with Crippen LogP contribution in [0.25, 0.3) is 0 Å². The molecule has 0 amide bonds. The molecule has 0 aliphatic heterocycles. The minimum Gasteiger partial charge on any atom is -0.477 e. The van der Waals surface area contributed by atoms with E-state index in [0.717, 1.165) is 11.6 Å². The molecule has 0 bridgehead atoms. The largest absolute Gasteiger partial charge is 0.477 e. The fraction of sp³-hybridized carbons (Fsp3) is 0.188. The van der Waals surface area contributed by atoms with E-state index in [0.29, 0.717) is 11.6 Å². The molecule has 0 atom stereocenters. The Morgan fingerprint density at radius 1 is 1.09 bits per heavy atom. The number of hydrogen-bond acceptors (Lipinski definition) is 2. The summed E-state index contributed by atoms with van der Waals surface area (Å²) in [5.41, 5.74) is -1.24. The molecule has 0 saturated heterocycles. The van der Waals surface area contributed by atoms with Crippen LogP contribution in [0.1, 0.15) is 27.0 Å². The summed E-state index contributed by atoms with van der Waals surface area (Å²) in [5, 5.41) is 9.04. The van der Waals surface area contributed by atoms with E-state index >= 15 is 0 Å². The Morgan fingerprint density at radius 3 is 2.22 bits per heavy atom. The molecule has 1 N–H and O–H groups in total. The van der Waals surface area contributed by atoms with Gasteiger partial charge in [-0.15, -0.1) is 0 Å². The lowest BCUT2D eigenvalue weighted by Gasteiger charge is -2.15. The van der Waals surface area contributed by atoms with Gasteiger partial charge in [-0.1, -0.05) is 17.7 Å². The second-order valence-electron chi connectivity index (χ2n) is 4.97. The maximum Gasteiger partial charge on any atom is 0.419 e. The number of rotatable bonds is 3. The molecule has 0 aliphatic carbocycles. The minimum absolute atomic E-state index is 0.234. The van der Waals surface area contributed by atoms with Crippen molar-refractivity contribution in [2.24, 2.45) is 0 Å². The van der Waals surface area contributed by atoms with Crippen molar-refractivity contribution in [3.8, 4) is 11.5 Å². The maximum atomic E-state index is 14.0. The molecule has 0 unspecified atom stereocenters. The highest BCUT2D eigenvalue weighted by molar-refractivity contribution is 5.91. The molecule has 2 rings (SSSR count). The summed E-state index contributed by atoms with van der Waals surface area (Å²) >= 11 is 0. The number of carboxylic acids is 1. The Hall–Kier alpha value is -2.57. The number of halogens is 4. The van der Waals surface area contributed by atoms with Crippen LogP contribution in [0.5, 0.6) is 11.5 Å². The van der Waals surface area contributed by atoms with Crippen molar-refractivity contribution in [1.82, 2.24) is 0 Å². The van der Waals surface area contributed by atoms with Gasteiger partial charge >= 0.3 is 12.1 Å². The van der Waals surface area contributed by atoms with E-state index in [1.165, 1.54) is 6.07 Å². The summed E-state index contributed by atoms with van der Waals surface area (Å²) in [6, 6.07) is 6.22. The van der Waals surface area contributed by atoms with E-state index in [1.54, 1.807) is 19.1 Å². The zero-order valence-corrected chi connectivity index (χ0v) is 12.2. The Morgan fingerprint density at radius 2 is 1.70 bits per heavy atom. The van der Waals surface area contributed by atoms with Crippen LogP contribution in [0, 0.1) is 19.7 Å². The first-order valence-corrected chi connectivity index (χ1v) is 6.49. The quantitative estimate of drug-likeness (QED) is 0.811. The topological polar surface area (TPSA) is 46.5 Å². The number of aromatic carboxylic acids is 1. The number of benzene rings is 2. The van der Waals surface area contributed by atoms with Crippen molar-refractivity contribution in [3.05, 3.63) is 58.4 Å². The molecule has 0 aromatic heterocycles. The third kappa shape index (κ3) is 3.44. The molecule has 0 spiro atoms. The van der Waals surface area contributed by atoms with Crippen LogP contribution in [-0.2, 0) is 6.18 Å². The number of carboxylic acid groups (broad SMARTS) is 1. The van der Waals surface area contributed by atoms with Crippen molar-refractivity contribution >= 4 is 5.97 Å². The first-order valence-electron chi connectivity index (χ1n) is 6.49. The Balaban J connectivity index is 2.55. The molecular weight excluding hydrogens is 316 g/mol. The summed E-state index contributed by atoms with van der Waals surface area (Å²) in [5.74, 6) is -3.96. The van der Waals surface area contributed by atoms with Crippen LogP contribution < -0.4 is 4.74 Å². The van der Waals surface area contributed by atoms with Gasteiger partial charge in [0.15, 0.2) is 5.82 Å². The molecule has 0 fully saturated rings. The molecule has 0 heterocycles. The lowest BCUT2D eigenvalue weighted by molar-refractivity contribution is -0.140. The summed E-state index contributed by atoms with van der Waals surface area (Å²) in [6.07, 6.45) is -4.99. The molecule has 7 heteroatoms. The van der Waals surface area contributed by atoms with E-state index in [9.17, 15) is 22.4 Å². The van der Waals surface area contributed by atoms with Gasteiger partial charge in [-0.3, -0.25) is 0 Å². The molecule has 122 valence electrons. The molecule has 0 saturated carbocycles. The van der Waals surface area contributed by atoms with Gasteiger partial charge in [0.1, 0.15) is 17.1 Å². The molecule has 0 aliphatic rings. The van der Waals surface area contributed by atoms with E-state index in [1.807, 2.05) is 6.92 Å². The van der Waals surface area contributed by atoms with Crippen molar-refractivity contribution < 1.29 is 32.2 Å². The zero-order chi connectivity index (χ0) is 17.4. The van der Waals surface area contributed by atoms with Crippen LogP contribution in [0.2, 0.25) is 0 Å². The predicted octanol–water partition coefficient (Wildman–Crippen LogP) is 4.95. The second-order valence-corrected chi connectivity index (χ2v) is 4.97. The Labute approximate surface area is 129 Å². The number of ether oxygens (including phenoxy) is 1. The Kier molecular flexibility index (Phi) is 4.31. The summed E-state index contributed by atoms with van der Waals surface area (Å²) < 4.78 is 57.3. The van der Waals surface area contributed by atoms with Gasteiger partial charge in [-0.25, -0.2) is 9.18 Å². The van der Waals surface area contributed by atoms with Gasteiger partial charge in [0.2, 0.25) is 0 Å². The molecular formula is C16H12F4O3. The minimum atomic E-state index is -4.99. The highest BCUT2D eigenvalue weighted by atomic mass is 19.4. The van der Waals surface area contributed by atoms with E-state index < -0.39 is 34.8 Å². The van der Waals surface area contributed by atoms with Crippen molar-refractivity contribution in [3.63, 3.8) is 0 Å². The highest BCUT2D eigenvalue weighted by Gasteiger charge is 2.37. The third-order valence-corrected chi connectivity index (χ3v) is 3.17. The van der Waals surface area contributed by atoms with Crippen LogP contribution in [0.15, 0.2) is 30.3 Å². The Bertz CT molecular complexity index is 767. The first kappa shape index (κ1) is 16.8. The van der Waals surface area contributed by atoms with Crippen LogP contribution in [0.3, 0.4) is 0 Å². The molecule has 2 aromatic rings. The lowest BCUT2D eigenvalue weighted by atomic mass is 10.1. The summed E-state index contributed by atoms with van der Waals surface area (Å²) in [4.78, 5) is 11.2. The summed E-state index contributed by atoms with van der Waals surface area (Å²) in [6.45, 7) is 3.51. The van der Waals surface area contributed by atoms with Gasteiger partial charge in [0.25, 0.3) is 0 Å². The molecule has 23 heavy (non-hydrogen) atoms. The number of carbonyl (C=O) groups is 1. The molecule has 0 radical (unpaired) electrons. The van der Waals surface area contributed by atoms with Crippen molar-refractivity contribution in [1.29, 1.82) is 0 Å². The SMILES string of the molecule is Cc1ccc(Oc2ccc(C(F)(F)F)c(F)c2C(=O)O)c(C)c1. The van der Waals surface area contributed by atoms with Crippen molar-refractivity contribution in [2.45, 2.75) is 20.0 Å². The number of hydrogen-bond donors (Lipinski definition) is 1. The fourth-order valence-corrected chi connectivity index (χ4v) is 2.09. The molecule has 3 nitrogen and oxygen atoms in total. The van der Waals surface area contributed by atoms with Gasteiger partial charge in [-0.2, -0.15) is 13.2 Å². The predicted molar refractivity (Wildman–Crippen MR) is 74.4 cm³/mol. The standard InChI is InChI=1S/C16H12F4O3/c1-8-3-5-11(9(2)7-8)23-12-6-4-10(16(18,19)20)14(17)13(12)15(21)22/h3-7H,1-2H3,(H,21,22). The monoisotopic (exact) mass is 328 g/mol. The van der Waals surface area contributed by atoms with Crippen LogP contribution in [-0.4, -0.2) is 11.1 Å². The van der Waals surface area contributed by atoms with Gasteiger partial charge < -0.3 is 9.84 Å².